The molecule has 21 heavy (non-hydrogen) atoms. The van der Waals surface area contributed by atoms with E-state index in [1.165, 1.54) is 4.88 Å². The predicted octanol–water partition coefficient (Wildman–Crippen LogP) is 4.60. The van der Waals surface area contributed by atoms with Crippen molar-refractivity contribution in [3.05, 3.63) is 43.8 Å². The Balaban J connectivity index is 2.10. The molecule has 0 aliphatic rings. The SMILES string of the molecule is Cc1nc(COc2c(Br)cccc2CNC(C)C)sc1C. The number of para-hydroxylation sites is 1. The second-order valence-corrected chi connectivity index (χ2v) is 7.44. The lowest BCUT2D eigenvalue weighted by atomic mass is 10.2. The molecule has 0 fully saturated rings. The van der Waals surface area contributed by atoms with E-state index >= 15 is 0 Å². The number of aromatic nitrogens is 1. The molecule has 3 nitrogen and oxygen atoms in total. The Morgan fingerprint density at radius 1 is 1.33 bits per heavy atom. The van der Waals surface area contributed by atoms with Gasteiger partial charge in [-0.3, -0.25) is 0 Å². The van der Waals surface area contributed by atoms with Gasteiger partial charge >= 0.3 is 0 Å². The van der Waals surface area contributed by atoms with Crippen LogP contribution in [0.15, 0.2) is 22.7 Å². The first kappa shape index (κ1) is 16.5. The first-order valence-corrected chi connectivity index (χ1v) is 8.64. The summed E-state index contributed by atoms with van der Waals surface area (Å²) in [6, 6.07) is 6.58. The van der Waals surface area contributed by atoms with Crippen molar-refractivity contribution in [3.8, 4) is 5.75 Å². The van der Waals surface area contributed by atoms with Crippen LogP contribution in [0.1, 0.15) is 35.0 Å². The molecule has 0 saturated carbocycles. The molecule has 1 aromatic heterocycles. The van der Waals surface area contributed by atoms with Crippen molar-refractivity contribution >= 4 is 27.3 Å². The minimum atomic E-state index is 0.445. The molecule has 0 bridgehead atoms. The first-order valence-electron chi connectivity index (χ1n) is 7.04. The van der Waals surface area contributed by atoms with E-state index in [9.17, 15) is 0 Å². The largest absolute Gasteiger partial charge is 0.485 e. The van der Waals surface area contributed by atoms with Crippen molar-refractivity contribution in [2.45, 2.75) is 46.9 Å². The van der Waals surface area contributed by atoms with Gasteiger partial charge < -0.3 is 10.1 Å². The maximum atomic E-state index is 6.02. The molecule has 2 aromatic rings. The zero-order chi connectivity index (χ0) is 15.4. The van der Waals surface area contributed by atoms with E-state index in [2.05, 4.69) is 53.1 Å². The fraction of sp³-hybridized carbons (Fsp3) is 0.438. The summed E-state index contributed by atoms with van der Waals surface area (Å²) < 4.78 is 7.00. The van der Waals surface area contributed by atoms with E-state index in [0.29, 0.717) is 12.6 Å². The first-order chi connectivity index (χ1) is 9.97. The Labute approximate surface area is 138 Å². The van der Waals surface area contributed by atoms with Crippen LogP contribution in [-0.4, -0.2) is 11.0 Å². The lowest BCUT2D eigenvalue weighted by Crippen LogP contribution is -2.22. The Bertz CT molecular complexity index is 591. The molecule has 5 heteroatoms. The third kappa shape index (κ3) is 4.53. The number of ether oxygens (including phenoxy) is 1. The molecule has 0 aliphatic carbocycles. The van der Waals surface area contributed by atoms with Gasteiger partial charge in [-0.15, -0.1) is 11.3 Å². The van der Waals surface area contributed by atoms with Gasteiger partial charge in [0, 0.05) is 23.0 Å². The van der Waals surface area contributed by atoms with Gasteiger partial charge in [-0.05, 0) is 35.8 Å². The van der Waals surface area contributed by atoms with Gasteiger partial charge in [0.15, 0.2) is 0 Å². The third-order valence-corrected chi connectivity index (χ3v) is 4.83. The Morgan fingerprint density at radius 3 is 2.71 bits per heavy atom. The van der Waals surface area contributed by atoms with Gasteiger partial charge in [0.1, 0.15) is 17.4 Å². The molecule has 1 N–H and O–H groups in total. The minimum Gasteiger partial charge on any atom is -0.485 e. The van der Waals surface area contributed by atoms with Crippen LogP contribution in [0.5, 0.6) is 5.75 Å². The van der Waals surface area contributed by atoms with Gasteiger partial charge in [-0.1, -0.05) is 26.0 Å². The summed E-state index contributed by atoms with van der Waals surface area (Å²) in [6.07, 6.45) is 0. The predicted molar refractivity (Wildman–Crippen MR) is 92.0 cm³/mol. The third-order valence-electron chi connectivity index (χ3n) is 3.16. The maximum absolute atomic E-state index is 6.02. The number of nitrogens with zero attached hydrogens (tertiary/aromatic N) is 1. The molecule has 0 aliphatic heterocycles. The molecule has 0 spiro atoms. The highest BCUT2D eigenvalue weighted by molar-refractivity contribution is 9.10. The van der Waals surface area contributed by atoms with E-state index in [1.807, 2.05) is 19.1 Å². The lowest BCUT2D eigenvalue weighted by molar-refractivity contribution is 0.299. The van der Waals surface area contributed by atoms with Crippen LogP contribution in [0, 0.1) is 13.8 Å². The van der Waals surface area contributed by atoms with Gasteiger partial charge in [-0.2, -0.15) is 0 Å². The summed E-state index contributed by atoms with van der Waals surface area (Å²) in [6.45, 7) is 9.71. The average molecular weight is 369 g/mol. The zero-order valence-electron chi connectivity index (χ0n) is 12.9. The highest BCUT2D eigenvalue weighted by Crippen LogP contribution is 2.30. The number of hydrogen-bond acceptors (Lipinski definition) is 4. The monoisotopic (exact) mass is 368 g/mol. The van der Waals surface area contributed by atoms with Crippen LogP contribution in [0.25, 0.3) is 0 Å². The summed E-state index contributed by atoms with van der Waals surface area (Å²) in [7, 11) is 0. The summed E-state index contributed by atoms with van der Waals surface area (Å²) >= 11 is 5.27. The molecule has 0 radical (unpaired) electrons. The number of benzene rings is 1. The zero-order valence-corrected chi connectivity index (χ0v) is 15.3. The standard InChI is InChI=1S/C16H21BrN2OS/c1-10(2)18-8-13-6-5-7-14(17)16(13)20-9-15-19-11(3)12(4)21-15/h5-7,10,18H,8-9H2,1-4H3. The second-order valence-electron chi connectivity index (χ2n) is 5.30. The van der Waals surface area contributed by atoms with Crippen molar-refractivity contribution in [2.24, 2.45) is 0 Å². The van der Waals surface area contributed by atoms with E-state index in [4.69, 9.17) is 4.74 Å². The smallest absolute Gasteiger partial charge is 0.140 e. The fourth-order valence-electron chi connectivity index (χ4n) is 1.90. The van der Waals surface area contributed by atoms with Crippen molar-refractivity contribution < 1.29 is 4.74 Å². The van der Waals surface area contributed by atoms with Gasteiger partial charge in [0.2, 0.25) is 0 Å². The van der Waals surface area contributed by atoms with Crippen LogP contribution in [0.3, 0.4) is 0 Å². The quantitative estimate of drug-likeness (QED) is 0.808. The molecule has 114 valence electrons. The molecular formula is C16H21BrN2OS. The van der Waals surface area contributed by atoms with Gasteiger partial charge in [0.05, 0.1) is 10.2 Å². The molecular weight excluding hydrogens is 348 g/mol. The van der Waals surface area contributed by atoms with Crippen molar-refractivity contribution in [1.29, 1.82) is 0 Å². The molecule has 0 saturated heterocycles. The van der Waals surface area contributed by atoms with E-state index in [-0.39, 0.29) is 0 Å². The Hall–Kier alpha value is -0.910. The number of hydrogen-bond donors (Lipinski definition) is 1. The normalized spacial score (nSPS) is 11.1. The topological polar surface area (TPSA) is 34.1 Å². The summed E-state index contributed by atoms with van der Waals surface area (Å²) in [5.41, 5.74) is 2.25. The van der Waals surface area contributed by atoms with E-state index in [1.54, 1.807) is 11.3 Å². The highest BCUT2D eigenvalue weighted by atomic mass is 79.9. The number of thiazole rings is 1. The van der Waals surface area contributed by atoms with Crippen LogP contribution >= 0.6 is 27.3 Å². The Morgan fingerprint density at radius 2 is 2.10 bits per heavy atom. The number of aryl methyl sites for hydroxylation is 2. The average Bonchev–Trinajstić information content (AvgIpc) is 2.74. The van der Waals surface area contributed by atoms with Crippen molar-refractivity contribution in [2.75, 3.05) is 0 Å². The fourth-order valence-corrected chi connectivity index (χ4v) is 3.27. The molecule has 1 heterocycles. The molecule has 0 unspecified atom stereocenters. The molecule has 0 amide bonds. The van der Waals surface area contributed by atoms with Crippen molar-refractivity contribution in [1.82, 2.24) is 10.3 Å². The summed E-state index contributed by atoms with van der Waals surface area (Å²) in [5, 5.41) is 4.44. The Kier molecular flexibility index (Phi) is 5.79. The number of nitrogens with one attached hydrogen (secondary N) is 1. The van der Waals surface area contributed by atoms with E-state index < -0.39 is 0 Å². The van der Waals surface area contributed by atoms with E-state index in [0.717, 1.165) is 33.0 Å². The van der Waals surface area contributed by atoms with Crippen LogP contribution in [0.2, 0.25) is 0 Å². The molecule has 1 aromatic carbocycles. The van der Waals surface area contributed by atoms with Gasteiger partial charge in [-0.25, -0.2) is 4.98 Å². The summed E-state index contributed by atoms with van der Waals surface area (Å²) in [4.78, 5) is 5.77. The van der Waals surface area contributed by atoms with Crippen LogP contribution < -0.4 is 10.1 Å². The number of halogens is 1. The van der Waals surface area contributed by atoms with Crippen LogP contribution in [0.4, 0.5) is 0 Å². The highest BCUT2D eigenvalue weighted by Gasteiger charge is 2.11. The van der Waals surface area contributed by atoms with Crippen LogP contribution in [-0.2, 0) is 13.2 Å². The number of rotatable bonds is 6. The molecule has 0 atom stereocenters. The lowest BCUT2D eigenvalue weighted by Gasteiger charge is -2.14. The summed E-state index contributed by atoms with van der Waals surface area (Å²) in [5.74, 6) is 0.899. The maximum Gasteiger partial charge on any atom is 0.140 e. The van der Waals surface area contributed by atoms with Crippen molar-refractivity contribution in [3.63, 3.8) is 0 Å². The molecule has 2 rings (SSSR count). The van der Waals surface area contributed by atoms with Gasteiger partial charge in [0.25, 0.3) is 0 Å². The minimum absolute atomic E-state index is 0.445. The second kappa shape index (κ2) is 7.38.